The van der Waals surface area contributed by atoms with Crippen molar-refractivity contribution in [2.75, 3.05) is 20.6 Å². The molecule has 0 heterocycles. The molecule has 0 saturated carbocycles. The number of hydrogen-bond acceptors (Lipinski definition) is 4. The first-order valence-corrected chi connectivity index (χ1v) is 11.1. The van der Waals surface area contributed by atoms with Gasteiger partial charge in [-0.25, -0.2) is 8.42 Å². The van der Waals surface area contributed by atoms with Crippen molar-refractivity contribution < 1.29 is 18.0 Å². The topological polar surface area (TPSA) is 74.8 Å². The molecular formula is C22H28N2O4S. The van der Waals surface area contributed by atoms with E-state index in [1.165, 1.54) is 17.0 Å². The number of amides is 2. The minimum atomic E-state index is -3.37. The number of rotatable bonds is 7. The maximum Gasteiger partial charge on any atom is 0.254 e. The van der Waals surface area contributed by atoms with Crippen LogP contribution in [-0.2, 0) is 16.4 Å². The van der Waals surface area contributed by atoms with Crippen LogP contribution in [0.1, 0.15) is 47.1 Å². The van der Waals surface area contributed by atoms with Gasteiger partial charge >= 0.3 is 0 Å². The third-order valence-corrected chi connectivity index (χ3v) is 6.87. The molecule has 7 heteroatoms. The van der Waals surface area contributed by atoms with Crippen LogP contribution < -0.4 is 0 Å². The Morgan fingerprint density at radius 2 is 1.34 bits per heavy atom. The van der Waals surface area contributed by atoms with E-state index >= 15 is 0 Å². The third kappa shape index (κ3) is 5.23. The summed E-state index contributed by atoms with van der Waals surface area (Å²) in [5, 5.41) is -0.515. The van der Waals surface area contributed by atoms with Gasteiger partial charge in [-0.3, -0.25) is 9.59 Å². The average Bonchev–Trinajstić information content (AvgIpc) is 2.71. The van der Waals surface area contributed by atoms with E-state index in [1.54, 1.807) is 57.1 Å². The van der Waals surface area contributed by atoms with Crippen molar-refractivity contribution in [2.24, 2.45) is 0 Å². The first-order chi connectivity index (χ1) is 13.6. The Labute approximate surface area is 173 Å². The molecule has 0 bridgehead atoms. The van der Waals surface area contributed by atoms with Gasteiger partial charge in [-0.15, -0.1) is 0 Å². The van der Waals surface area contributed by atoms with Crippen LogP contribution in [0.15, 0.2) is 53.4 Å². The second-order valence-electron chi connectivity index (χ2n) is 7.33. The van der Waals surface area contributed by atoms with Gasteiger partial charge in [0.2, 0.25) is 0 Å². The molecule has 0 saturated heterocycles. The molecule has 0 aliphatic rings. The summed E-state index contributed by atoms with van der Waals surface area (Å²) in [4.78, 5) is 28.2. The van der Waals surface area contributed by atoms with Crippen LogP contribution in [0, 0.1) is 0 Å². The van der Waals surface area contributed by atoms with Crippen molar-refractivity contribution in [1.82, 2.24) is 9.80 Å². The number of nitrogens with zero attached hydrogens (tertiary/aromatic N) is 2. The number of carbonyl (C=O) groups is 2. The minimum absolute atomic E-state index is 0.0728. The van der Waals surface area contributed by atoms with Gasteiger partial charge < -0.3 is 9.80 Å². The molecule has 0 fully saturated rings. The second kappa shape index (κ2) is 9.22. The van der Waals surface area contributed by atoms with Crippen LogP contribution in [0.3, 0.4) is 0 Å². The van der Waals surface area contributed by atoms with Gasteiger partial charge in [0.1, 0.15) is 0 Å². The molecular weight excluding hydrogens is 388 g/mol. The summed E-state index contributed by atoms with van der Waals surface area (Å²) < 4.78 is 24.5. The standard InChI is InChI=1S/C22H28N2O4S/c1-6-24(15-17-7-9-18(10-8-17)21(25)23(4)5)22(26)19-11-13-20(14-12-19)29(27,28)16(2)3/h7-14,16H,6,15H2,1-5H3. The zero-order valence-electron chi connectivity index (χ0n) is 17.5. The van der Waals surface area contributed by atoms with Crippen molar-refractivity contribution >= 4 is 21.7 Å². The van der Waals surface area contributed by atoms with Gasteiger partial charge in [0.05, 0.1) is 10.1 Å². The molecule has 0 spiro atoms. The molecule has 2 aromatic carbocycles. The largest absolute Gasteiger partial charge is 0.345 e. The second-order valence-corrected chi connectivity index (χ2v) is 9.84. The predicted octanol–water partition coefficient (Wildman–Crippen LogP) is 3.23. The molecule has 0 radical (unpaired) electrons. The van der Waals surface area contributed by atoms with E-state index in [0.717, 1.165) is 5.56 Å². The lowest BCUT2D eigenvalue weighted by Gasteiger charge is -2.21. The van der Waals surface area contributed by atoms with Gasteiger partial charge in [0, 0.05) is 38.3 Å². The van der Waals surface area contributed by atoms with Crippen LogP contribution in [-0.4, -0.2) is 55.9 Å². The summed E-state index contributed by atoms with van der Waals surface area (Å²) >= 11 is 0. The van der Waals surface area contributed by atoms with Crippen LogP contribution in [0.5, 0.6) is 0 Å². The molecule has 0 N–H and O–H groups in total. The molecule has 0 aliphatic heterocycles. The number of sulfone groups is 1. The van der Waals surface area contributed by atoms with Gasteiger partial charge in [0.25, 0.3) is 11.8 Å². The van der Waals surface area contributed by atoms with E-state index in [0.29, 0.717) is 24.2 Å². The quantitative estimate of drug-likeness (QED) is 0.694. The molecule has 29 heavy (non-hydrogen) atoms. The fourth-order valence-corrected chi connectivity index (χ4v) is 3.86. The van der Waals surface area contributed by atoms with Gasteiger partial charge in [-0.1, -0.05) is 12.1 Å². The summed E-state index contributed by atoms with van der Waals surface area (Å²) in [6, 6.07) is 13.3. The van der Waals surface area contributed by atoms with Crippen molar-refractivity contribution in [3.63, 3.8) is 0 Å². The van der Waals surface area contributed by atoms with Crippen LogP contribution in [0.4, 0.5) is 0 Å². The minimum Gasteiger partial charge on any atom is -0.345 e. The molecule has 0 aromatic heterocycles. The molecule has 2 amide bonds. The monoisotopic (exact) mass is 416 g/mol. The lowest BCUT2D eigenvalue weighted by atomic mass is 10.1. The fraction of sp³-hybridized carbons (Fsp3) is 0.364. The molecule has 0 unspecified atom stereocenters. The Hall–Kier alpha value is -2.67. The zero-order chi connectivity index (χ0) is 21.8. The lowest BCUT2D eigenvalue weighted by Crippen LogP contribution is -2.30. The number of carbonyl (C=O) groups excluding carboxylic acids is 2. The van der Waals surface area contributed by atoms with E-state index in [9.17, 15) is 18.0 Å². The first-order valence-electron chi connectivity index (χ1n) is 9.51. The summed E-state index contributed by atoms with van der Waals surface area (Å²) in [6.45, 7) is 6.05. The first kappa shape index (κ1) is 22.6. The van der Waals surface area contributed by atoms with Gasteiger partial charge in [-0.05, 0) is 62.7 Å². The van der Waals surface area contributed by atoms with E-state index in [1.807, 2.05) is 19.1 Å². The normalized spacial score (nSPS) is 11.4. The van der Waals surface area contributed by atoms with E-state index in [2.05, 4.69) is 0 Å². The highest BCUT2D eigenvalue weighted by Crippen LogP contribution is 2.18. The zero-order valence-corrected chi connectivity index (χ0v) is 18.4. The van der Waals surface area contributed by atoms with Crippen molar-refractivity contribution in [1.29, 1.82) is 0 Å². The van der Waals surface area contributed by atoms with Crippen LogP contribution in [0.25, 0.3) is 0 Å². The number of benzene rings is 2. The van der Waals surface area contributed by atoms with Crippen molar-refractivity contribution in [3.05, 3.63) is 65.2 Å². The van der Waals surface area contributed by atoms with Gasteiger partial charge in [-0.2, -0.15) is 0 Å². The number of hydrogen-bond donors (Lipinski definition) is 0. The third-order valence-electron chi connectivity index (χ3n) is 4.70. The predicted molar refractivity (Wildman–Crippen MR) is 114 cm³/mol. The Kier molecular flexibility index (Phi) is 7.19. The summed E-state index contributed by atoms with van der Waals surface area (Å²) in [6.07, 6.45) is 0. The van der Waals surface area contributed by atoms with Crippen LogP contribution >= 0.6 is 0 Å². The van der Waals surface area contributed by atoms with E-state index < -0.39 is 15.1 Å². The average molecular weight is 417 g/mol. The van der Waals surface area contributed by atoms with Crippen molar-refractivity contribution in [2.45, 2.75) is 37.5 Å². The Morgan fingerprint density at radius 3 is 1.79 bits per heavy atom. The SMILES string of the molecule is CCN(Cc1ccc(C(=O)N(C)C)cc1)C(=O)c1ccc(S(=O)(=O)C(C)C)cc1. The highest BCUT2D eigenvalue weighted by atomic mass is 32.2. The molecule has 2 aromatic rings. The summed E-state index contributed by atoms with van der Waals surface area (Å²) in [5.74, 6) is -0.245. The van der Waals surface area contributed by atoms with E-state index in [-0.39, 0.29) is 16.7 Å². The maximum absolute atomic E-state index is 12.9. The fourth-order valence-electron chi connectivity index (χ4n) is 2.80. The van der Waals surface area contributed by atoms with Crippen LogP contribution in [0.2, 0.25) is 0 Å². The van der Waals surface area contributed by atoms with E-state index in [4.69, 9.17) is 0 Å². The highest BCUT2D eigenvalue weighted by Gasteiger charge is 2.20. The maximum atomic E-state index is 12.9. The summed E-state index contributed by atoms with van der Waals surface area (Å²) in [5.41, 5.74) is 1.94. The molecule has 6 nitrogen and oxygen atoms in total. The molecule has 2 rings (SSSR count). The lowest BCUT2D eigenvalue weighted by molar-refractivity contribution is 0.0751. The Morgan fingerprint density at radius 1 is 0.862 bits per heavy atom. The van der Waals surface area contributed by atoms with Crippen molar-refractivity contribution in [3.8, 4) is 0 Å². The highest BCUT2D eigenvalue weighted by molar-refractivity contribution is 7.92. The van der Waals surface area contributed by atoms with Gasteiger partial charge in [0.15, 0.2) is 9.84 Å². The molecule has 0 atom stereocenters. The molecule has 0 aliphatic carbocycles. The Bertz CT molecular complexity index is 963. The Balaban J connectivity index is 2.16. The molecule has 156 valence electrons. The summed E-state index contributed by atoms with van der Waals surface area (Å²) in [7, 11) is 0.0327. The smallest absolute Gasteiger partial charge is 0.254 e.